The summed E-state index contributed by atoms with van der Waals surface area (Å²) in [6.45, 7) is 2.08. The molecule has 1 rings (SSSR count). The van der Waals surface area contributed by atoms with Gasteiger partial charge in [0.05, 0.1) is 7.11 Å². The zero-order valence-corrected chi connectivity index (χ0v) is 11.1. The monoisotopic (exact) mass is 255 g/mol. The molecule has 1 N–H and O–H groups in total. The van der Waals surface area contributed by atoms with Gasteiger partial charge in [-0.15, -0.1) is 0 Å². The van der Waals surface area contributed by atoms with E-state index in [1.807, 2.05) is 0 Å². The Morgan fingerprint density at radius 2 is 2.41 bits per heavy atom. The van der Waals surface area contributed by atoms with Crippen molar-refractivity contribution in [3.05, 3.63) is 18.1 Å². The molecule has 17 heavy (non-hydrogen) atoms. The van der Waals surface area contributed by atoms with Gasteiger partial charge in [-0.3, -0.25) is 0 Å². The molecule has 0 radical (unpaired) electrons. The SMILES string of the molecule is COC(=O)c1nccc(NC(C)CCSC)n1. The van der Waals surface area contributed by atoms with Gasteiger partial charge in [-0.1, -0.05) is 0 Å². The van der Waals surface area contributed by atoms with Crippen molar-refractivity contribution in [2.75, 3.05) is 24.4 Å². The van der Waals surface area contributed by atoms with Crippen LogP contribution in [-0.4, -0.2) is 41.1 Å². The van der Waals surface area contributed by atoms with Crippen molar-refractivity contribution in [2.24, 2.45) is 0 Å². The fourth-order valence-corrected chi connectivity index (χ4v) is 1.84. The Bertz CT molecular complexity index is 373. The highest BCUT2D eigenvalue weighted by Crippen LogP contribution is 2.08. The van der Waals surface area contributed by atoms with Crippen LogP contribution in [0.25, 0.3) is 0 Å². The Kier molecular flexibility index (Phi) is 5.76. The highest BCUT2D eigenvalue weighted by atomic mass is 32.2. The molecule has 1 unspecified atom stereocenters. The van der Waals surface area contributed by atoms with Gasteiger partial charge in [0.2, 0.25) is 5.82 Å². The third-order valence-corrected chi connectivity index (χ3v) is 2.82. The van der Waals surface area contributed by atoms with E-state index >= 15 is 0 Å². The number of nitrogens with one attached hydrogen (secondary N) is 1. The predicted octanol–water partition coefficient (Wildman–Crippen LogP) is 1.82. The van der Waals surface area contributed by atoms with Crippen molar-refractivity contribution in [3.8, 4) is 0 Å². The summed E-state index contributed by atoms with van der Waals surface area (Å²) in [4.78, 5) is 19.2. The molecule has 0 aromatic carbocycles. The Balaban J connectivity index is 2.62. The number of hydrogen-bond acceptors (Lipinski definition) is 6. The molecule has 0 aliphatic carbocycles. The molecule has 0 amide bonds. The lowest BCUT2D eigenvalue weighted by molar-refractivity contribution is 0.0587. The summed E-state index contributed by atoms with van der Waals surface area (Å²) in [5.74, 6) is 1.29. The number of methoxy groups -OCH3 is 1. The molecule has 0 saturated carbocycles. The minimum Gasteiger partial charge on any atom is -0.463 e. The van der Waals surface area contributed by atoms with Crippen LogP contribution in [0.3, 0.4) is 0 Å². The first kappa shape index (κ1) is 13.8. The molecule has 1 atom stereocenters. The van der Waals surface area contributed by atoms with Crippen molar-refractivity contribution in [1.82, 2.24) is 9.97 Å². The standard InChI is InChI=1S/C11H17N3O2S/c1-8(5-7-17-3)13-9-4-6-12-10(14-9)11(15)16-2/h4,6,8H,5,7H2,1-3H3,(H,12,13,14). The number of rotatable bonds is 6. The van der Waals surface area contributed by atoms with E-state index in [1.54, 1.807) is 24.0 Å². The molecule has 1 aromatic rings. The van der Waals surface area contributed by atoms with Crippen LogP contribution in [0.1, 0.15) is 24.0 Å². The maximum absolute atomic E-state index is 11.2. The molecular formula is C11H17N3O2S. The lowest BCUT2D eigenvalue weighted by Gasteiger charge is -2.13. The lowest BCUT2D eigenvalue weighted by Crippen LogP contribution is -2.18. The van der Waals surface area contributed by atoms with Crippen LogP contribution >= 0.6 is 11.8 Å². The lowest BCUT2D eigenvalue weighted by atomic mass is 10.2. The van der Waals surface area contributed by atoms with Gasteiger partial charge in [0.25, 0.3) is 0 Å². The average molecular weight is 255 g/mol. The normalized spacial score (nSPS) is 11.9. The first-order valence-electron chi connectivity index (χ1n) is 5.34. The molecule has 0 aliphatic rings. The number of carbonyl (C=O) groups is 1. The summed E-state index contributed by atoms with van der Waals surface area (Å²) in [6, 6.07) is 2.05. The quantitative estimate of drug-likeness (QED) is 0.782. The molecule has 0 fully saturated rings. The van der Waals surface area contributed by atoms with Gasteiger partial charge in [-0.2, -0.15) is 11.8 Å². The number of hydrogen-bond donors (Lipinski definition) is 1. The second kappa shape index (κ2) is 7.11. The van der Waals surface area contributed by atoms with E-state index in [0.29, 0.717) is 11.9 Å². The van der Waals surface area contributed by atoms with E-state index in [-0.39, 0.29) is 5.82 Å². The third kappa shape index (κ3) is 4.60. The largest absolute Gasteiger partial charge is 0.463 e. The van der Waals surface area contributed by atoms with Gasteiger partial charge < -0.3 is 10.1 Å². The zero-order valence-electron chi connectivity index (χ0n) is 10.3. The number of ether oxygens (including phenoxy) is 1. The van der Waals surface area contributed by atoms with Gasteiger partial charge in [0.15, 0.2) is 0 Å². The second-order valence-corrected chi connectivity index (χ2v) is 4.57. The number of esters is 1. The van der Waals surface area contributed by atoms with Crippen LogP contribution in [0.2, 0.25) is 0 Å². The third-order valence-electron chi connectivity index (χ3n) is 2.17. The Morgan fingerprint density at radius 3 is 3.06 bits per heavy atom. The van der Waals surface area contributed by atoms with Crippen molar-refractivity contribution < 1.29 is 9.53 Å². The highest BCUT2D eigenvalue weighted by molar-refractivity contribution is 7.98. The summed E-state index contributed by atoms with van der Waals surface area (Å²) in [5.41, 5.74) is 0. The summed E-state index contributed by atoms with van der Waals surface area (Å²) in [6.07, 6.45) is 4.66. The van der Waals surface area contributed by atoms with E-state index in [2.05, 4.69) is 33.2 Å². The summed E-state index contributed by atoms with van der Waals surface area (Å²) >= 11 is 1.81. The first-order chi connectivity index (χ1) is 8.17. The zero-order chi connectivity index (χ0) is 12.7. The van der Waals surface area contributed by atoms with E-state index in [1.165, 1.54) is 7.11 Å². The smallest absolute Gasteiger partial charge is 0.376 e. The minimum absolute atomic E-state index is 0.0783. The van der Waals surface area contributed by atoms with Crippen LogP contribution in [0.15, 0.2) is 12.3 Å². The topological polar surface area (TPSA) is 64.1 Å². The van der Waals surface area contributed by atoms with Gasteiger partial charge in [0, 0.05) is 12.2 Å². The van der Waals surface area contributed by atoms with Gasteiger partial charge >= 0.3 is 5.97 Å². The Morgan fingerprint density at radius 1 is 1.65 bits per heavy atom. The van der Waals surface area contributed by atoms with E-state index < -0.39 is 5.97 Å². The molecule has 0 spiro atoms. The molecule has 6 heteroatoms. The van der Waals surface area contributed by atoms with Crippen LogP contribution in [-0.2, 0) is 4.74 Å². The van der Waals surface area contributed by atoms with Crippen molar-refractivity contribution in [3.63, 3.8) is 0 Å². The first-order valence-corrected chi connectivity index (χ1v) is 6.73. The van der Waals surface area contributed by atoms with Crippen molar-refractivity contribution in [1.29, 1.82) is 0 Å². The fraction of sp³-hybridized carbons (Fsp3) is 0.545. The number of nitrogens with zero attached hydrogens (tertiary/aromatic N) is 2. The van der Waals surface area contributed by atoms with Crippen LogP contribution < -0.4 is 5.32 Å². The minimum atomic E-state index is -0.523. The number of carbonyl (C=O) groups excluding carboxylic acids is 1. The number of aromatic nitrogens is 2. The van der Waals surface area contributed by atoms with Crippen LogP contribution in [0, 0.1) is 0 Å². The Hall–Kier alpha value is -1.30. The van der Waals surface area contributed by atoms with Crippen LogP contribution in [0.5, 0.6) is 0 Å². The number of thioether (sulfide) groups is 1. The van der Waals surface area contributed by atoms with Crippen molar-refractivity contribution >= 4 is 23.5 Å². The van der Waals surface area contributed by atoms with Crippen molar-refractivity contribution in [2.45, 2.75) is 19.4 Å². The molecule has 0 bridgehead atoms. The number of anilines is 1. The molecule has 0 aliphatic heterocycles. The molecule has 0 saturated heterocycles. The predicted molar refractivity (Wildman–Crippen MR) is 69.5 cm³/mol. The van der Waals surface area contributed by atoms with Gasteiger partial charge in [0.1, 0.15) is 5.82 Å². The molecular weight excluding hydrogens is 238 g/mol. The van der Waals surface area contributed by atoms with Crippen LogP contribution in [0.4, 0.5) is 5.82 Å². The highest BCUT2D eigenvalue weighted by Gasteiger charge is 2.10. The molecule has 5 nitrogen and oxygen atoms in total. The molecule has 1 heterocycles. The maximum Gasteiger partial charge on any atom is 0.376 e. The summed E-state index contributed by atoms with van der Waals surface area (Å²) < 4.78 is 4.57. The van der Waals surface area contributed by atoms with E-state index in [4.69, 9.17) is 0 Å². The van der Waals surface area contributed by atoms with E-state index in [0.717, 1.165) is 12.2 Å². The summed E-state index contributed by atoms with van der Waals surface area (Å²) in [7, 11) is 1.31. The fourth-order valence-electron chi connectivity index (χ4n) is 1.25. The molecule has 94 valence electrons. The second-order valence-electron chi connectivity index (χ2n) is 3.58. The Labute approximate surface area is 105 Å². The molecule has 1 aromatic heterocycles. The van der Waals surface area contributed by atoms with Gasteiger partial charge in [-0.25, -0.2) is 14.8 Å². The summed E-state index contributed by atoms with van der Waals surface area (Å²) in [5, 5.41) is 3.22. The van der Waals surface area contributed by atoms with Gasteiger partial charge in [-0.05, 0) is 31.4 Å². The average Bonchev–Trinajstić information content (AvgIpc) is 2.35. The maximum atomic E-state index is 11.2. The van der Waals surface area contributed by atoms with E-state index in [9.17, 15) is 4.79 Å².